The van der Waals surface area contributed by atoms with Crippen LogP contribution in [-0.2, 0) is 15.9 Å². The first kappa shape index (κ1) is 17.8. The first-order valence-electron chi connectivity index (χ1n) is 8.98. The van der Waals surface area contributed by atoms with Crippen LogP contribution in [0, 0.1) is 5.41 Å². The van der Waals surface area contributed by atoms with Gasteiger partial charge in [-0.15, -0.1) is 0 Å². The van der Waals surface area contributed by atoms with Gasteiger partial charge in [0.05, 0.1) is 26.4 Å². The fourth-order valence-electron chi connectivity index (χ4n) is 3.34. The quantitative estimate of drug-likeness (QED) is 0.623. The number of morpholine rings is 2. The Bertz CT molecular complexity index is 591. The highest BCUT2D eigenvalue weighted by Crippen LogP contribution is 2.19. The third kappa shape index (κ3) is 4.52. The van der Waals surface area contributed by atoms with Crippen molar-refractivity contribution < 1.29 is 9.47 Å². The molecule has 0 amide bonds. The van der Waals surface area contributed by atoms with E-state index in [1.807, 2.05) is 13.1 Å². The zero-order valence-corrected chi connectivity index (χ0v) is 15.0. The topological polar surface area (TPSA) is 60.8 Å². The Morgan fingerprint density at radius 1 is 0.960 bits per heavy atom. The zero-order valence-electron chi connectivity index (χ0n) is 15.0. The summed E-state index contributed by atoms with van der Waals surface area (Å²) in [6.45, 7) is 6.09. The lowest BCUT2D eigenvalue weighted by Crippen LogP contribution is -2.45. The number of nitrogens with one attached hydrogen (secondary N) is 2. The second kappa shape index (κ2) is 8.87. The molecule has 0 bridgehead atoms. The standard InChI is InChI=1S/C19H28N4O2/c1-21-19(23-9-13-25-14-10-23)17(15-16-5-3-2-4-6-16)18(20)22-7-11-24-12-8-22/h2-6,20-21H,7-15H2,1H3/b19-17+,20-18?. The van der Waals surface area contributed by atoms with Crippen LogP contribution in [0.4, 0.5) is 0 Å². The first-order chi connectivity index (χ1) is 12.3. The Balaban J connectivity index is 1.90. The van der Waals surface area contributed by atoms with Crippen molar-refractivity contribution >= 4 is 5.84 Å². The van der Waals surface area contributed by atoms with Gasteiger partial charge in [0.1, 0.15) is 11.7 Å². The number of ether oxygens (including phenoxy) is 2. The highest BCUT2D eigenvalue weighted by molar-refractivity contribution is 5.97. The molecule has 2 saturated heterocycles. The first-order valence-corrected chi connectivity index (χ1v) is 8.98. The van der Waals surface area contributed by atoms with Crippen molar-refractivity contribution in [2.75, 3.05) is 59.7 Å². The van der Waals surface area contributed by atoms with Crippen molar-refractivity contribution in [2.24, 2.45) is 0 Å². The molecule has 136 valence electrons. The van der Waals surface area contributed by atoms with Gasteiger partial charge in [-0.2, -0.15) is 0 Å². The van der Waals surface area contributed by atoms with E-state index >= 15 is 0 Å². The lowest BCUT2D eigenvalue weighted by Gasteiger charge is -2.35. The second-order valence-electron chi connectivity index (χ2n) is 6.29. The van der Waals surface area contributed by atoms with E-state index in [9.17, 15) is 0 Å². The molecule has 1 aromatic rings. The minimum Gasteiger partial charge on any atom is -0.378 e. The molecular weight excluding hydrogens is 316 g/mol. The number of rotatable bonds is 5. The minimum atomic E-state index is 0.600. The summed E-state index contributed by atoms with van der Waals surface area (Å²) in [5.74, 6) is 1.65. The van der Waals surface area contributed by atoms with E-state index in [0.29, 0.717) is 19.0 Å². The number of amidine groups is 1. The number of benzene rings is 1. The third-order valence-corrected chi connectivity index (χ3v) is 4.69. The average Bonchev–Trinajstić information content (AvgIpc) is 2.69. The van der Waals surface area contributed by atoms with Crippen LogP contribution in [0.3, 0.4) is 0 Å². The van der Waals surface area contributed by atoms with Crippen LogP contribution in [0.2, 0.25) is 0 Å². The van der Waals surface area contributed by atoms with Crippen LogP contribution in [0.1, 0.15) is 5.56 Å². The number of nitrogens with zero attached hydrogens (tertiary/aromatic N) is 2. The molecule has 25 heavy (non-hydrogen) atoms. The Labute approximate surface area is 149 Å². The molecule has 0 spiro atoms. The highest BCUT2D eigenvalue weighted by Gasteiger charge is 2.24. The molecule has 2 aliphatic heterocycles. The normalized spacial score (nSPS) is 19.4. The summed E-state index contributed by atoms with van der Waals surface area (Å²) >= 11 is 0. The van der Waals surface area contributed by atoms with Gasteiger partial charge < -0.3 is 24.6 Å². The molecule has 1 aromatic carbocycles. The molecule has 0 unspecified atom stereocenters. The summed E-state index contributed by atoms with van der Waals surface area (Å²) in [5, 5.41) is 12.2. The summed E-state index contributed by atoms with van der Waals surface area (Å²) in [7, 11) is 1.95. The maximum absolute atomic E-state index is 8.86. The molecule has 0 radical (unpaired) electrons. The number of hydrogen-bond acceptors (Lipinski definition) is 5. The van der Waals surface area contributed by atoms with Crippen molar-refractivity contribution in [3.63, 3.8) is 0 Å². The predicted octanol–water partition coefficient (Wildman–Crippen LogP) is 1.30. The molecule has 0 atom stereocenters. The van der Waals surface area contributed by atoms with Crippen LogP contribution in [-0.4, -0.2) is 75.3 Å². The van der Waals surface area contributed by atoms with Gasteiger partial charge in [-0.05, 0) is 5.56 Å². The lowest BCUT2D eigenvalue weighted by atomic mass is 10.0. The summed E-state index contributed by atoms with van der Waals surface area (Å²) in [6, 6.07) is 10.4. The molecule has 0 aromatic heterocycles. The predicted molar refractivity (Wildman–Crippen MR) is 98.7 cm³/mol. The Morgan fingerprint density at radius 2 is 1.52 bits per heavy atom. The minimum absolute atomic E-state index is 0.600. The number of hydrogen-bond donors (Lipinski definition) is 2. The van der Waals surface area contributed by atoms with Gasteiger partial charge in [-0.1, -0.05) is 30.3 Å². The molecule has 2 heterocycles. The largest absolute Gasteiger partial charge is 0.378 e. The molecule has 2 aliphatic rings. The van der Waals surface area contributed by atoms with E-state index in [1.54, 1.807) is 0 Å². The summed E-state index contributed by atoms with van der Waals surface area (Å²) in [4.78, 5) is 4.43. The van der Waals surface area contributed by atoms with E-state index in [4.69, 9.17) is 14.9 Å². The Hall–Kier alpha value is -2.05. The van der Waals surface area contributed by atoms with Gasteiger partial charge >= 0.3 is 0 Å². The Kier molecular flexibility index (Phi) is 6.30. The van der Waals surface area contributed by atoms with Gasteiger partial charge in [0.15, 0.2) is 0 Å². The smallest absolute Gasteiger partial charge is 0.128 e. The van der Waals surface area contributed by atoms with Crippen molar-refractivity contribution in [3.8, 4) is 0 Å². The van der Waals surface area contributed by atoms with Gasteiger partial charge in [0, 0.05) is 45.2 Å². The third-order valence-electron chi connectivity index (χ3n) is 4.69. The molecule has 2 fully saturated rings. The molecule has 0 saturated carbocycles. The SMILES string of the molecule is CN/C(=C(/Cc1ccccc1)C(=N)N1CCOCC1)N1CCOCC1. The monoisotopic (exact) mass is 344 g/mol. The van der Waals surface area contributed by atoms with Crippen molar-refractivity contribution in [1.29, 1.82) is 5.41 Å². The van der Waals surface area contributed by atoms with E-state index in [-0.39, 0.29) is 0 Å². The van der Waals surface area contributed by atoms with Crippen molar-refractivity contribution in [3.05, 3.63) is 47.3 Å². The maximum Gasteiger partial charge on any atom is 0.128 e. The van der Waals surface area contributed by atoms with E-state index in [0.717, 1.165) is 57.2 Å². The molecule has 6 nitrogen and oxygen atoms in total. The average molecular weight is 344 g/mol. The molecule has 6 heteroatoms. The summed E-state index contributed by atoms with van der Waals surface area (Å²) in [5.41, 5.74) is 2.26. The fraction of sp³-hybridized carbons (Fsp3) is 0.526. The van der Waals surface area contributed by atoms with Gasteiger partial charge in [0.25, 0.3) is 0 Å². The maximum atomic E-state index is 8.86. The lowest BCUT2D eigenvalue weighted by molar-refractivity contribution is 0.0501. The highest BCUT2D eigenvalue weighted by atomic mass is 16.5. The van der Waals surface area contributed by atoms with Crippen LogP contribution in [0.15, 0.2) is 41.7 Å². The molecular formula is C19H28N4O2. The van der Waals surface area contributed by atoms with Gasteiger partial charge in [0.2, 0.25) is 0 Å². The molecule has 3 rings (SSSR count). The fourth-order valence-corrected chi connectivity index (χ4v) is 3.34. The molecule has 0 aliphatic carbocycles. The molecule has 2 N–H and O–H groups in total. The van der Waals surface area contributed by atoms with E-state index < -0.39 is 0 Å². The summed E-state index contributed by atoms with van der Waals surface area (Å²) in [6.07, 6.45) is 0.741. The summed E-state index contributed by atoms with van der Waals surface area (Å²) < 4.78 is 11.0. The van der Waals surface area contributed by atoms with Crippen molar-refractivity contribution in [2.45, 2.75) is 6.42 Å². The van der Waals surface area contributed by atoms with Gasteiger partial charge in [-0.3, -0.25) is 5.41 Å². The van der Waals surface area contributed by atoms with Crippen LogP contribution in [0.5, 0.6) is 0 Å². The van der Waals surface area contributed by atoms with Crippen LogP contribution < -0.4 is 5.32 Å². The van der Waals surface area contributed by atoms with E-state index in [2.05, 4.69) is 39.4 Å². The second-order valence-corrected chi connectivity index (χ2v) is 6.29. The Morgan fingerprint density at radius 3 is 2.08 bits per heavy atom. The van der Waals surface area contributed by atoms with Crippen molar-refractivity contribution in [1.82, 2.24) is 15.1 Å². The van der Waals surface area contributed by atoms with Gasteiger partial charge in [-0.25, -0.2) is 0 Å². The van der Waals surface area contributed by atoms with E-state index in [1.165, 1.54) is 5.56 Å². The van der Waals surface area contributed by atoms with Crippen LogP contribution in [0.25, 0.3) is 0 Å². The zero-order chi connectivity index (χ0) is 17.5. The van der Waals surface area contributed by atoms with Crippen LogP contribution >= 0.6 is 0 Å².